The summed E-state index contributed by atoms with van der Waals surface area (Å²) in [6.07, 6.45) is 53.4. The minimum Gasteiger partial charge on any atom is -0.445 e. The molecule has 1 aliphatic carbocycles. The number of carbonyl (C=O) groups is 3. The molecule has 0 aromatic heterocycles. The topological polar surface area (TPSA) is 115 Å². The average Bonchev–Trinajstić information content (AvgIpc) is 3.70. The third-order valence-corrected chi connectivity index (χ3v) is 14.0. The summed E-state index contributed by atoms with van der Waals surface area (Å²) >= 11 is 0. The van der Waals surface area contributed by atoms with Gasteiger partial charge in [-0.3, -0.25) is 0 Å². The normalized spacial score (nSPS) is 15.8. The van der Waals surface area contributed by atoms with Crippen LogP contribution < -0.4 is 16.0 Å². The van der Waals surface area contributed by atoms with Crippen LogP contribution in [0.3, 0.4) is 0 Å². The van der Waals surface area contributed by atoms with Crippen molar-refractivity contribution in [3.8, 4) is 0 Å². The third-order valence-electron chi connectivity index (χ3n) is 14.0. The molecule has 0 aromatic carbocycles. The largest absolute Gasteiger partial charge is 0.445 e. The van der Waals surface area contributed by atoms with Gasteiger partial charge in [-0.15, -0.1) is 0 Å². The van der Waals surface area contributed by atoms with Gasteiger partial charge in [-0.05, 0) is 38.5 Å². The van der Waals surface area contributed by atoms with Crippen LogP contribution in [0.2, 0.25) is 0 Å². The first-order valence-corrected chi connectivity index (χ1v) is 29.3. The Kier molecular flexibility index (Phi) is 44.8. The number of carbonyl (C=O) groups excluding carboxylic acids is 3. The summed E-state index contributed by atoms with van der Waals surface area (Å²) < 4.78 is 17.7. The first-order valence-electron chi connectivity index (χ1n) is 29.3. The molecule has 0 spiro atoms. The van der Waals surface area contributed by atoms with Gasteiger partial charge in [0.05, 0.1) is 0 Å². The Morgan fingerprint density at radius 3 is 0.970 bits per heavy atom. The molecular formula is C57H111N3O6. The summed E-state index contributed by atoms with van der Waals surface area (Å²) in [6.45, 7) is 8.29. The smallest absolute Gasteiger partial charge is 0.407 e. The summed E-state index contributed by atoms with van der Waals surface area (Å²) in [4.78, 5) is 39.1. The minimum atomic E-state index is -1.22. The van der Waals surface area contributed by atoms with Crippen molar-refractivity contribution in [2.24, 2.45) is 0 Å². The summed E-state index contributed by atoms with van der Waals surface area (Å²) in [5.74, 6) is 0. The maximum Gasteiger partial charge on any atom is 0.407 e. The van der Waals surface area contributed by atoms with Crippen LogP contribution in [-0.2, 0) is 14.2 Å². The molecule has 9 heteroatoms. The van der Waals surface area contributed by atoms with Crippen molar-refractivity contribution < 1.29 is 28.6 Å². The zero-order valence-corrected chi connectivity index (χ0v) is 44.2. The molecule has 1 fully saturated rings. The number of nitrogens with one attached hydrogen (secondary N) is 3. The molecular weight excluding hydrogens is 823 g/mol. The molecule has 3 N–H and O–H groups in total. The van der Waals surface area contributed by atoms with Crippen LogP contribution in [0.1, 0.15) is 310 Å². The number of alkyl carbamates (subject to hydrolysis) is 3. The van der Waals surface area contributed by atoms with Crippen molar-refractivity contribution >= 4 is 18.3 Å². The Morgan fingerprint density at radius 1 is 0.379 bits per heavy atom. The van der Waals surface area contributed by atoms with Crippen molar-refractivity contribution in [3.63, 3.8) is 0 Å². The van der Waals surface area contributed by atoms with E-state index < -0.39 is 30.0 Å². The number of amides is 3. The van der Waals surface area contributed by atoms with Crippen molar-refractivity contribution in [3.05, 3.63) is 0 Å². The average molecular weight is 935 g/mol. The van der Waals surface area contributed by atoms with E-state index in [0.717, 1.165) is 38.5 Å². The maximum absolute atomic E-state index is 13.2. The molecule has 0 saturated heterocycles. The Hall–Kier alpha value is -2.19. The van der Waals surface area contributed by atoms with Gasteiger partial charge in [0.1, 0.15) is 12.7 Å². The molecule has 0 aromatic rings. The summed E-state index contributed by atoms with van der Waals surface area (Å²) in [5.41, 5.74) is -1.22. The molecule has 2 atom stereocenters. The first-order chi connectivity index (χ1) is 32.5. The second-order valence-electron chi connectivity index (χ2n) is 20.4. The SMILES string of the molecule is CCCCCCCCCCCCCCCCNC(=O)OCC1(OC(=O)NCCCCCCCCCCCCCCCC)CCCC1OC(=O)NCCCCCCCCCCCCCCCC. The zero-order chi connectivity index (χ0) is 47.7. The van der Waals surface area contributed by atoms with Crippen molar-refractivity contribution in [1.82, 2.24) is 16.0 Å². The van der Waals surface area contributed by atoms with Gasteiger partial charge in [0.25, 0.3) is 0 Å². The monoisotopic (exact) mass is 934 g/mol. The highest BCUT2D eigenvalue weighted by Gasteiger charge is 2.50. The van der Waals surface area contributed by atoms with E-state index >= 15 is 0 Å². The van der Waals surface area contributed by atoms with E-state index in [9.17, 15) is 14.4 Å². The molecule has 0 bridgehead atoms. The lowest BCUT2D eigenvalue weighted by Crippen LogP contribution is -2.52. The van der Waals surface area contributed by atoms with E-state index in [2.05, 4.69) is 36.7 Å². The molecule has 1 aliphatic rings. The fourth-order valence-electron chi connectivity index (χ4n) is 9.65. The predicted molar refractivity (Wildman–Crippen MR) is 280 cm³/mol. The van der Waals surface area contributed by atoms with E-state index in [4.69, 9.17) is 14.2 Å². The molecule has 0 aliphatic heterocycles. The second kappa shape index (κ2) is 47.9. The van der Waals surface area contributed by atoms with E-state index in [1.54, 1.807) is 0 Å². The predicted octanol–water partition coefficient (Wildman–Crippen LogP) is 17.9. The second-order valence-corrected chi connectivity index (χ2v) is 20.4. The zero-order valence-electron chi connectivity index (χ0n) is 44.2. The molecule has 1 saturated carbocycles. The Labute approximate surface area is 409 Å². The van der Waals surface area contributed by atoms with Gasteiger partial charge in [0.2, 0.25) is 0 Å². The molecule has 0 radical (unpaired) electrons. The Morgan fingerprint density at radius 2 is 0.652 bits per heavy atom. The van der Waals surface area contributed by atoms with Gasteiger partial charge in [0, 0.05) is 19.6 Å². The number of hydrogen-bond donors (Lipinski definition) is 3. The maximum atomic E-state index is 13.2. The fraction of sp³-hybridized carbons (Fsp3) is 0.947. The van der Waals surface area contributed by atoms with E-state index in [1.165, 1.54) is 231 Å². The fourth-order valence-corrected chi connectivity index (χ4v) is 9.65. The van der Waals surface area contributed by atoms with Crippen molar-refractivity contribution in [2.75, 3.05) is 26.2 Å². The van der Waals surface area contributed by atoms with Gasteiger partial charge < -0.3 is 30.2 Å². The van der Waals surface area contributed by atoms with E-state index in [-0.39, 0.29) is 6.61 Å². The van der Waals surface area contributed by atoms with Crippen LogP contribution in [0, 0.1) is 0 Å². The van der Waals surface area contributed by atoms with Crippen LogP contribution in [0.5, 0.6) is 0 Å². The highest BCUT2D eigenvalue weighted by Crippen LogP contribution is 2.37. The van der Waals surface area contributed by atoms with Crippen molar-refractivity contribution in [2.45, 2.75) is 321 Å². The molecule has 0 heterocycles. The van der Waals surface area contributed by atoms with E-state index in [1.807, 2.05) is 0 Å². The number of unbranched alkanes of at least 4 members (excludes halogenated alkanes) is 39. The standard InChI is InChI=1S/C57H111N3O6/c1-4-7-10-13-16-19-22-25-28-31-34-37-40-43-49-58-54(61)64-52-57(66-56(63)60-51-45-42-39-36-33-30-27-24-21-18-15-12-9-6-3)48-46-47-53(57)65-55(62)59-50-44-41-38-35-32-29-26-23-20-17-14-11-8-5-2/h53H,4-52H2,1-3H3,(H,58,61)(H,59,62)(H,60,63). The third kappa shape index (κ3) is 38.7. The molecule has 2 unspecified atom stereocenters. The molecule has 390 valence electrons. The van der Waals surface area contributed by atoms with Gasteiger partial charge in [-0.2, -0.15) is 0 Å². The van der Waals surface area contributed by atoms with Gasteiger partial charge in [-0.25, -0.2) is 14.4 Å². The quantitative estimate of drug-likeness (QED) is 0.0413. The number of ether oxygens (including phenoxy) is 3. The van der Waals surface area contributed by atoms with Crippen molar-refractivity contribution in [1.29, 1.82) is 0 Å². The minimum absolute atomic E-state index is 0.152. The summed E-state index contributed by atoms with van der Waals surface area (Å²) in [7, 11) is 0. The Balaban J connectivity index is 2.41. The molecule has 1 rings (SSSR count). The van der Waals surface area contributed by atoms with E-state index in [0.29, 0.717) is 38.9 Å². The number of rotatable bonds is 49. The van der Waals surface area contributed by atoms with Gasteiger partial charge in [-0.1, -0.05) is 271 Å². The lowest BCUT2D eigenvalue weighted by molar-refractivity contribution is -0.0962. The number of hydrogen-bond acceptors (Lipinski definition) is 6. The van der Waals surface area contributed by atoms with Crippen LogP contribution in [-0.4, -0.2) is 56.2 Å². The Bertz CT molecular complexity index is 1080. The lowest BCUT2D eigenvalue weighted by atomic mass is 10.0. The molecule has 9 nitrogen and oxygen atoms in total. The summed E-state index contributed by atoms with van der Waals surface area (Å²) in [6, 6.07) is 0. The lowest BCUT2D eigenvalue weighted by Gasteiger charge is -2.33. The molecule has 3 amide bonds. The first kappa shape index (κ1) is 61.8. The highest BCUT2D eigenvalue weighted by molar-refractivity contribution is 5.69. The highest BCUT2D eigenvalue weighted by atomic mass is 16.6. The van der Waals surface area contributed by atoms with Crippen LogP contribution in [0.4, 0.5) is 14.4 Å². The van der Waals surface area contributed by atoms with Crippen LogP contribution in [0.15, 0.2) is 0 Å². The summed E-state index contributed by atoms with van der Waals surface area (Å²) in [5, 5.41) is 8.75. The van der Waals surface area contributed by atoms with Gasteiger partial charge in [0.15, 0.2) is 5.60 Å². The van der Waals surface area contributed by atoms with Crippen LogP contribution >= 0.6 is 0 Å². The molecule has 66 heavy (non-hydrogen) atoms. The van der Waals surface area contributed by atoms with Gasteiger partial charge >= 0.3 is 18.3 Å². The van der Waals surface area contributed by atoms with Crippen LogP contribution in [0.25, 0.3) is 0 Å².